The van der Waals surface area contributed by atoms with E-state index in [0.29, 0.717) is 6.42 Å². The fourth-order valence-corrected chi connectivity index (χ4v) is 2.29. The Labute approximate surface area is 83.3 Å². The summed E-state index contributed by atoms with van der Waals surface area (Å²) < 4.78 is 22.4. The molecule has 0 saturated heterocycles. The first kappa shape index (κ1) is 12.9. The minimum atomic E-state index is -3.16. The Morgan fingerprint density at radius 3 is 2.36 bits per heavy atom. The van der Waals surface area contributed by atoms with Crippen LogP contribution in [0.5, 0.6) is 0 Å². The number of nitriles is 1. The van der Waals surface area contributed by atoms with Crippen LogP contribution in [0.25, 0.3) is 0 Å². The first-order valence-corrected chi connectivity index (χ1v) is 6.09. The Morgan fingerprint density at radius 2 is 1.86 bits per heavy atom. The second kappa shape index (κ2) is 6.38. The number of carboxylic acid groups (broad SMARTS) is 1. The molecule has 0 aliphatic carbocycles. The summed E-state index contributed by atoms with van der Waals surface area (Å²) in [4.78, 5) is 10.1. The van der Waals surface area contributed by atoms with E-state index in [1.165, 1.54) is 0 Å². The van der Waals surface area contributed by atoms with Crippen molar-refractivity contribution in [2.45, 2.75) is 25.7 Å². The van der Waals surface area contributed by atoms with Crippen LogP contribution in [0.3, 0.4) is 0 Å². The minimum Gasteiger partial charge on any atom is -0.481 e. The van der Waals surface area contributed by atoms with Crippen molar-refractivity contribution >= 4 is 15.8 Å². The summed E-state index contributed by atoms with van der Waals surface area (Å²) in [5, 5.41) is 16.5. The van der Waals surface area contributed by atoms with Gasteiger partial charge in [-0.05, 0) is 12.8 Å². The Hall–Kier alpha value is -1.09. The van der Waals surface area contributed by atoms with E-state index in [4.69, 9.17) is 10.4 Å². The molecule has 0 rings (SSSR count). The van der Waals surface area contributed by atoms with E-state index >= 15 is 0 Å². The average Bonchev–Trinajstić information content (AvgIpc) is 2.03. The van der Waals surface area contributed by atoms with Crippen molar-refractivity contribution in [3.8, 4) is 6.07 Å². The monoisotopic (exact) mass is 219 g/mol. The molecule has 0 aromatic carbocycles. The maximum absolute atomic E-state index is 11.2. The van der Waals surface area contributed by atoms with E-state index in [1.54, 1.807) is 0 Å². The lowest BCUT2D eigenvalue weighted by Crippen LogP contribution is -2.12. The summed E-state index contributed by atoms with van der Waals surface area (Å²) in [6, 6.07) is 1.86. The second-order valence-electron chi connectivity index (χ2n) is 2.91. The standard InChI is InChI=1S/C8H13NO4S/c9-5-1-2-6-14(12,13)7-3-4-8(10)11/h1-4,6-7H2,(H,10,11). The number of carbonyl (C=O) groups is 1. The molecule has 0 fully saturated rings. The van der Waals surface area contributed by atoms with Crippen molar-refractivity contribution in [3.05, 3.63) is 0 Å². The van der Waals surface area contributed by atoms with Crippen LogP contribution in [0, 0.1) is 11.3 Å². The Balaban J connectivity index is 3.74. The van der Waals surface area contributed by atoms with E-state index in [9.17, 15) is 13.2 Å². The van der Waals surface area contributed by atoms with Crippen molar-refractivity contribution < 1.29 is 18.3 Å². The summed E-state index contributed by atoms with van der Waals surface area (Å²) in [7, 11) is -3.16. The van der Waals surface area contributed by atoms with Crippen molar-refractivity contribution in [3.63, 3.8) is 0 Å². The average molecular weight is 219 g/mol. The molecule has 6 heteroatoms. The fourth-order valence-electron chi connectivity index (χ4n) is 0.917. The van der Waals surface area contributed by atoms with Gasteiger partial charge in [0, 0.05) is 12.8 Å². The molecule has 80 valence electrons. The van der Waals surface area contributed by atoms with Gasteiger partial charge in [0.2, 0.25) is 0 Å². The third-order valence-electron chi connectivity index (χ3n) is 1.59. The largest absolute Gasteiger partial charge is 0.481 e. The normalized spacial score (nSPS) is 10.8. The molecular weight excluding hydrogens is 206 g/mol. The van der Waals surface area contributed by atoms with E-state index in [1.807, 2.05) is 6.07 Å². The quantitative estimate of drug-likeness (QED) is 0.631. The molecule has 0 amide bonds. The van der Waals surface area contributed by atoms with Crippen molar-refractivity contribution in [1.82, 2.24) is 0 Å². The van der Waals surface area contributed by atoms with Crippen LogP contribution < -0.4 is 0 Å². The third kappa shape index (κ3) is 7.55. The zero-order chi connectivity index (χ0) is 11.0. The van der Waals surface area contributed by atoms with Gasteiger partial charge in [0.15, 0.2) is 0 Å². The van der Waals surface area contributed by atoms with Crippen LogP contribution in [-0.2, 0) is 14.6 Å². The second-order valence-corrected chi connectivity index (χ2v) is 5.21. The van der Waals surface area contributed by atoms with Crippen molar-refractivity contribution in [2.24, 2.45) is 0 Å². The number of hydrogen-bond acceptors (Lipinski definition) is 4. The van der Waals surface area contributed by atoms with Gasteiger partial charge in [-0.1, -0.05) is 0 Å². The molecule has 0 bridgehead atoms. The van der Waals surface area contributed by atoms with Gasteiger partial charge in [-0.15, -0.1) is 0 Å². The Bertz CT molecular complexity index is 315. The Kier molecular flexibility index (Phi) is 5.88. The van der Waals surface area contributed by atoms with Gasteiger partial charge in [-0.3, -0.25) is 4.79 Å². The van der Waals surface area contributed by atoms with Gasteiger partial charge >= 0.3 is 5.97 Å². The van der Waals surface area contributed by atoms with Crippen LogP contribution in [0.4, 0.5) is 0 Å². The molecule has 0 unspecified atom stereocenters. The van der Waals surface area contributed by atoms with E-state index < -0.39 is 15.8 Å². The van der Waals surface area contributed by atoms with Gasteiger partial charge in [0.1, 0.15) is 9.84 Å². The van der Waals surface area contributed by atoms with Crippen LogP contribution in [-0.4, -0.2) is 31.0 Å². The summed E-state index contributed by atoms with van der Waals surface area (Å²) in [5.74, 6) is -1.12. The minimum absolute atomic E-state index is 0.0276. The maximum Gasteiger partial charge on any atom is 0.303 e. The number of sulfone groups is 1. The molecular formula is C8H13NO4S. The zero-order valence-corrected chi connectivity index (χ0v) is 8.59. The molecule has 0 atom stereocenters. The predicted octanol–water partition coefficient (Wildman–Crippen LogP) is 0.570. The van der Waals surface area contributed by atoms with E-state index in [-0.39, 0.29) is 30.8 Å². The number of rotatable bonds is 7. The number of aliphatic carboxylic acids is 1. The molecule has 0 saturated carbocycles. The molecule has 14 heavy (non-hydrogen) atoms. The van der Waals surface area contributed by atoms with Gasteiger partial charge < -0.3 is 5.11 Å². The smallest absolute Gasteiger partial charge is 0.303 e. The SMILES string of the molecule is N#CCCCS(=O)(=O)CCCC(=O)O. The van der Waals surface area contributed by atoms with Crippen LogP contribution >= 0.6 is 0 Å². The highest BCUT2D eigenvalue weighted by molar-refractivity contribution is 7.91. The highest BCUT2D eigenvalue weighted by Gasteiger charge is 2.10. The highest BCUT2D eigenvalue weighted by atomic mass is 32.2. The predicted molar refractivity (Wildman–Crippen MR) is 50.4 cm³/mol. The van der Waals surface area contributed by atoms with Crippen LogP contribution in [0.2, 0.25) is 0 Å². The topological polar surface area (TPSA) is 95.2 Å². The van der Waals surface area contributed by atoms with Gasteiger partial charge in [0.25, 0.3) is 0 Å². The summed E-state index contributed by atoms with van der Waals surface area (Å²) in [5.41, 5.74) is 0. The molecule has 5 nitrogen and oxygen atoms in total. The lowest BCUT2D eigenvalue weighted by atomic mass is 10.3. The van der Waals surface area contributed by atoms with Gasteiger partial charge in [-0.25, -0.2) is 8.42 Å². The highest BCUT2D eigenvalue weighted by Crippen LogP contribution is 2.01. The van der Waals surface area contributed by atoms with Gasteiger partial charge in [0.05, 0.1) is 17.6 Å². The molecule has 1 N–H and O–H groups in total. The van der Waals surface area contributed by atoms with Crippen molar-refractivity contribution in [1.29, 1.82) is 5.26 Å². The number of unbranched alkanes of at least 4 members (excludes halogenated alkanes) is 1. The molecule has 0 aromatic heterocycles. The lowest BCUT2D eigenvalue weighted by Gasteiger charge is -2.00. The van der Waals surface area contributed by atoms with Crippen LogP contribution in [0.15, 0.2) is 0 Å². The fraction of sp³-hybridized carbons (Fsp3) is 0.750. The maximum atomic E-state index is 11.2. The Morgan fingerprint density at radius 1 is 1.29 bits per heavy atom. The molecule has 0 aliphatic heterocycles. The first-order valence-electron chi connectivity index (χ1n) is 4.27. The van der Waals surface area contributed by atoms with Gasteiger partial charge in [-0.2, -0.15) is 5.26 Å². The summed E-state index contributed by atoms with van der Waals surface area (Å²) >= 11 is 0. The number of nitrogens with zero attached hydrogens (tertiary/aromatic N) is 1. The molecule has 0 spiro atoms. The summed E-state index contributed by atoms with van der Waals surface area (Å²) in [6.07, 6.45) is 0.561. The lowest BCUT2D eigenvalue weighted by molar-refractivity contribution is -0.137. The molecule has 0 aliphatic rings. The van der Waals surface area contributed by atoms with Crippen LogP contribution in [0.1, 0.15) is 25.7 Å². The van der Waals surface area contributed by atoms with Crippen molar-refractivity contribution in [2.75, 3.05) is 11.5 Å². The third-order valence-corrected chi connectivity index (χ3v) is 3.41. The molecule has 0 radical (unpaired) electrons. The molecule has 0 aromatic rings. The zero-order valence-electron chi connectivity index (χ0n) is 7.77. The first-order chi connectivity index (χ1) is 6.48. The molecule has 0 heterocycles. The number of carboxylic acids is 1. The number of hydrogen-bond donors (Lipinski definition) is 1. The van der Waals surface area contributed by atoms with E-state index in [0.717, 1.165) is 0 Å². The van der Waals surface area contributed by atoms with E-state index in [2.05, 4.69) is 0 Å². The summed E-state index contributed by atoms with van der Waals surface area (Å²) in [6.45, 7) is 0.